The van der Waals surface area contributed by atoms with Gasteiger partial charge >= 0.3 is 0 Å². The first kappa shape index (κ1) is 17.4. The summed E-state index contributed by atoms with van der Waals surface area (Å²) >= 11 is 0. The lowest BCUT2D eigenvalue weighted by molar-refractivity contribution is -0.384. The van der Waals surface area contributed by atoms with Crippen LogP contribution in [0.5, 0.6) is 0 Å². The summed E-state index contributed by atoms with van der Waals surface area (Å²) in [6.07, 6.45) is 1.25. The third-order valence-electron chi connectivity index (χ3n) is 3.69. The van der Waals surface area contributed by atoms with Crippen molar-refractivity contribution in [2.75, 3.05) is 12.4 Å². The molecule has 0 aliphatic carbocycles. The van der Waals surface area contributed by atoms with E-state index in [1.807, 2.05) is 13.8 Å². The number of sulfonamides is 1. The molecule has 0 radical (unpaired) electrons. The summed E-state index contributed by atoms with van der Waals surface area (Å²) in [5, 5.41) is 13.7. The Bertz CT molecular complexity index is 624. The van der Waals surface area contributed by atoms with Crippen LogP contribution in [0.2, 0.25) is 0 Å². The molecule has 1 aromatic carbocycles. The Balaban J connectivity index is 3.27. The normalized spacial score (nSPS) is 12.2. The lowest BCUT2D eigenvalue weighted by Gasteiger charge is -2.27. The van der Waals surface area contributed by atoms with Gasteiger partial charge in [-0.25, -0.2) is 13.1 Å². The minimum Gasteiger partial charge on any atom is -0.383 e. The predicted molar refractivity (Wildman–Crippen MR) is 82.0 cm³/mol. The first-order valence-electron chi connectivity index (χ1n) is 6.69. The van der Waals surface area contributed by atoms with Gasteiger partial charge < -0.3 is 5.32 Å². The highest BCUT2D eigenvalue weighted by Gasteiger charge is 2.29. The summed E-state index contributed by atoms with van der Waals surface area (Å²) < 4.78 is 27.4. The lowest BCUT2D eigenvalue weighted by atomic mass is 9.98. The van der Waals surface area contributed by atoms with E-state index in [-0.39, 0.29) is 16.3 Å². The van der Waals surface area contributed by atoms with Crippen LogP contribution >= 0.6 is 0 Å². The molecule has 0 heterocycles. The van der Waals surface area contributed by atoms with Gasteiger partial charge in [-0.05, 0) is 31.9 Å². The summed E-state index contributed by atoms with van der Waals surface area (Å²) in [5.74, 6) is 0. The minimum absolute atomic E-state index is 0.110. The zero-order valence-corrected chi connectivity index (χ0v) is 13.5. The van der Waals surface area contributed by atoms with E-state index in [1.165, 1.54) is 12.1 Å². The fourth-order valence-corrected chi connectivity index (χ4v) is 3.39. The first-order chi connectivity index (χ1) is 9.69. The van der Waals surface area contributed by atoms with E-state index in [1.54, 1.807) is 14.0 Å². The van der Waals surface area contributed by atoms with Gasteiger partial charge in [-0.1, -0.05) is 13.8 Å². The maximum Gasteiger partial charge on any atom is 0.293 e. The van der Waals surface area contributed by atoms with Crippen molar-refractivity contribution in [2.45, 2.75) is 44.0 Å². The number of nitro groups is 1. The molecule has 0 aromatic heterocycles. The zero-order chi connectivity index (χ0) is 16.3. The van der Waals surface area contributed by atoms with Crippen molar-refractivity contribution in [1.29, 1.82) is 0 Å². The average Bonchev–Trinajstić information content (AvgIpc) is 2.45. The van der Waals surface area contributed by atoms with Gasteiger partial charge in [-0.3, -0.25) is 10.1 Å². The lowest BCUT2D eigenvalue weighted by Crippen LogP contribution is -2.44. The smallest absolute Gasteiger partial charge is 0.293 e. The van der Waals surface area contributed by atoms with Crippen LogP contribution in [-0.4, -0.2) is 25.9 Å². The van der Waals surface area contributed by atoms with Gasteiger partial charge in [0.15, 0.2) is 0 Å². The van der Waals surface area contributed by atoms with Crippen molar-refractivity contribution in [3.63, 3.8) is 0 Å². The molecule has 0 aliphatic rings. The molecule has 21 heavy (non-hydrogen) atoms. The molecule has 0 amide bonds. The predicted octanol–water partition coefficient (Wildman–Crippen LogP) is 2.49. The topological polar surface area (TPSA) is 101 Å². The van der Waals surface area contributed by atoms with Crippen LogP contribution in [-0.2, 0) is 10.0 Å². The van der Waals surface area contributed by atoms with Crippen LogP contribution in [0.3, 0.4) is 0 Å². The monoisotopic (exact) mass is 315 g/mol. The number of hydrogen-bond acceptors (Lipinski definition) is 5. The van der Waals surface area contributed by atoms with Crippen molar-refractivity contribution >= 4 is 21.4 Å². The number of hydrogen-bond donors (Lipinski definition) is 2. The molecule has 7 nitrogen and oxygen atoms in total. The number of nitro benzene ring substituents is 1. The molecule has 0 unspecified atom stereocenters. The van der Waals surface area contributed by atoms with E-state index >= 15 is 0 Å². The minimum atomic E-state index is -3.81. The molecule has 0 saturated heterocycles. The van der Waals surface area contributed by atoms with Crippen molar-refractivity contribution < 1.29 is 13.3 Å². The van der Waals surface area contributed by atoms with E-state index in [2.05, 4.69) is 10.0 Å². The Labute approximate surface area is 124 Å². The highest BCUT2D eigenvalue weighted by Crippen LogP contribution is 2.28. The van der Waals surface area contributed by atoms with Crippen LogP contribution in [0, 0.1) is 10.1 Å². The van der Waals surface area contributed by atoms with Gasteiger partial charge in [0, 0.05) is 18.7 Å². The van der Waals surface area contributed by atoms with E-state index in [4.69, 9.17) is 0 Å². The highest BCUT2D eigenvalue weighted by molar-refractivity contribution is 7.89. The Kier molecular flexibility index (Phi) is 5.30. The van der Waals surface area contributed by atoms with Crippen LogP contribution in [0.4, 0.5) is 11.4 Å². The number of nitrogens with zero attached hydrogens (tertiary/aromatic N) is 1. The van der Waals surface area contributed by atoms with Gasteiger partial charge in [0.2, 0.25) is 10.0 Å². The Hall–Kier alpha value is -1.67. The summed E-state index contributed by atoms with van der Waals surface area (Å²) in [7, 11) is -2.26. The van der Waals surface area contributed by atoms with Crippen LogP contribution in [0.25, 0.3) is 0 Å². The second-order valence-corrected chi connectivity index (χ2v) is 6.74. The molecule has 0 aliphatic heterocycles. The quantitative estimate of drug-likeness (QED) is 0.594. The van der Waals surface area contributed by atoms with Crippen molar-refractivity contribution in [3.05, 3.63) is 28.3 Å². The van der Waals surface area contributed by atoms with Crippen molar-refractivity contribution in [2.24, 2.45) is 0 Å². The molecule has 1 rings (SSSR count). The highest BCUT2D eigenvalue weighted by atomic mass is 32.2. The standard InChI is InChI=1S/C13H21N3O4S/c1-5-13(3,6-2)15-21(19,20)10-7-8-11(14-4)12(9-10)16(17)18/h7-9,14-15H,5-6H2,1-4H3. The summed E-state index contributed by atoms with van der Waals surface area (Å²) in [4.78, 5) is 10.3. The number of rotatable bonds is 7. The van der Waals surface area contributed by atoms with Gasteiger partial charge in [0.05, 0.1) is 9.82 Å². The molecule has 0 atom stereocenters. The molecular formula is C13H21N3O4S. The average molecular weight is 315 g/mol. The van der Waals surface area contributed by atoms with E-state index in [0.717, 1.165) is 6.07 Å². The fraction of sp³-hybridized carbons (Fsp3) is 0.538. The maximum atomic E-state index is 12.4. The molecule has 0 bridgehead atoms. The van der Waals surface area contributed by atoms with Crippen molar-refractivity contribution in [1.82, 2.24) is 4.72 Å². The molecule has 0 fully saturated rings. The van der Waals surface area contributed by atoms with Gasteiger partial charge in [-0.2, -0.15) is 0 Å². The van der Waals surface area contributed by atoms with Gasteiger partial charge in [-0.15, -0.1) is 0 Å². The first-order valence-corrected chi connectivity index (χ1v) is 8.17. The van der Waals surface area contributed by atoms with E-state index in [0.29, 0.717) is 12.8 Å². The molecule has 1 aromatic rings. The second kappa shape index (κ2) is 6.40. The molecule has 2 N–H and O–H groups in total. The number of benzene rings is 1. The summed E-state index contributed by atoms with van der Waals surface area (Å²) in [5.41, 5.74) is -0.572. The Morgan fingerprint density at radius 3 is 2.29 bits per heavy atom. The molecule has 8 heteroatoms. The SMILES string of the molecule is CCC(C)(CC)NS(=O)(=O)c1ccc(NC)c([N+](=O)[O-])c1. The molecule has 118 valence electrons. The van der Waals surface area contributed by atoms with Gasteiger partial charge in [0.1, 0.15) is 5.69 Å². The number of anilines is 1. The Morgan fingerprint density at radius 2 is 1.86 bits per heavy atom. The largest absolute Gasteiger partial charge is 0.383 e. The van der Waals surface area contributed by atoms with E-state index < -0.39 is 20.5 Å². The molecule has 0 spiro atoms. The zero-order valence-electron chi connectivity index (χ0n) is 12.6. The maximum absolute atomic E-state index is 12.4. The van der Waals surface area contributed by atoms with Crippen molar-refractivity contribution in [3.8, 4) is 0 Å². The third kappa shape index (κ3) is 3.92. The van der Waals surface area contributed by atoms with Crippen LogP contribution < -0.4 is 10.0 Å². The van der Waals surface area contributed by atoms with Crippen LogP contribution in [0.15, 0.2) is 23.1 Å². The summed E-state index contributed by atoms with van der Waals surface area (Å²) in [6, 6.07) is 3.81. The molecule has 0 saturated carbocycles. The Morgan fingerprint density at radius 1 is 1.29 bits per heavy atom. The van der Waals surface area contributed by atoms with Gasteiger partial charge in [0.25, 0.3) is 5.69 Å². The van der Waals surface area contributed by atoms with E-state index in [9.17, 15) is 18.5 Å². The third-order valence-corrected chi connectivity index (χ3v) is 5.32. The number of nitrogens with one attached hydrogen (secondary N) is 2. The summed E-state index contributed by atoms with van der Waals surface area (Å²) in [6.45, 7) is 5.58. The second-order valence-electron chi connectivity index (χ2n) is 5.06. The van der Waals surface area contributed by atoms with Crippen LogP contribution in [0.1, 0.15) is 33.6 Å². The fourth-order valence-electron chi connectivity index (χ4n) is 1.82. The molecular weight excluding hydrogens is 294 g/mol.